The largest absolute Gasteiger partial charge is 0.368 e. The quantitative estimate of drug-likeness (QED) is 0.546. The fourth-order valence-corrected chi connectivity index (χ4v) is 5.17. The van der Waals surface area contributed by atoms with E-state index < -0.39 is 0 Å². The van der Waals surface area contributed by atoms with Gasteiger partial charge in [0.05, 0.1) is 11.4 Å². The molecule has 1 amide bonds. The van der Waals surface area contributed by atoms with E-state index >= 15 is 0 Å². The molecule has 0 radical (unpaired) electrons. The maximum atomic E-state index is 13.3. The summed E-state index contributed by atoms with van der Waals surface area (Å²) in [5.41, 5.74) is 17.4. The third-order valence-corrected chi connectivity index (χ3v) is 6.93. The number of nitrogens with two attached hydrogens (primary N) is 2. The van der Waals surface area contributed by atoms with Crippen LogP contribution in [0.1, 0.15) is 53.9 Å². The normalized spacial score (nSPS) is 17.8. The molecule has 9 nitrogen and oxygen atoms in total. The number of anilines is 2. The molecule has 1 aliphatic carbocycles. The smallest absolute Gasteiger partial charge is 0.276 e. The molecule has 3 heterocycles. The molecule has 5 rings (SSSR count). The third-order valence-electron chi connectivity index (χ3n) is 6.93. The topological polar surface area (TPSA) is 128 Å². The van der Waals surface area contributed by atoms with Gasteiger partial charge in [0, 0.05) is 37.1 Å². The Bertz CT molecular complexity index is 1220. The first-order valence-corrected chi connectivity index (χ1v) is 11.8. The van der Waals surface area contributed by atoms with E-state index in [9.17, 15) is 4.79 Å². The van der Waals surface area contributed by atoms with Crippen LogP contribution in [0.25, 0.3) is 11.4 Å². The van der Waals surface area contributed by atoms with Gasteiger partial charge in [-0.25, -0.2) is 9.97 Å². The Hall–Kier alpha value is -3.30. The van der Waals surface area contributed by atoms with Gasteiger partial charge in [-0.3, -0.25) is 14.4 Å². The average molecular weight is 461 g/mol. The van der Waals surface area contributed by atoms with Gasteiger partial charge < -0.3 is 16.8 Å². The Morgan fingerprint density at radius 2 is 1.91 bits per heavy atom. The highest BCUT2D eigenvalue weighted by molar-refractivity contribution is 6.05. The molecule has 0 saturated carbocycles. The Morgan fingerprint density at radius 1 is 1.21 bits per heavy atom. The Labute approximate surface area is 199 Å². The van der Waals surface area contributed by atoms with Crippen LogP contribution in [0, 0.1) is 0 Å². The summed E-state index contributed by atoms with van der Waals surface area (Å²) in [4.78, 5) is 24.4. The first-order chi connectivity index (χ1) is 16.2. The second-order valence-electron chi connectivity index (χ2n) is 10.1. The SMILES string of the molecule is Cn1nc(C(=O)Nc2ccc(CN3CCC(N)CC3)cc2)c2c1-c1nc(N)ncc1CC2(C)C. The number of fused-ring (bicyclic) bond motifs is 3. The molecular weight excluding hydrogens is 428 g/mol. The van der Waals surface area contributed by atoms with Crippen molar-refractivity contribution in [3.8, 4) is 11.4 Å². The molecule has 1 aromatic carbocycles. The van der Waals surface area contributed by atoms with E-state index in [2.05, 4.69) is 51.3 Å². The molecule has 5 N–H and O–H groups in total. The van der Waals surface area contributed by atoms with Crippen molar-refractivity contribution < 1.29 is 4.79 Å². The van der Waals surface area contributed by atoms with Gasteiger partial charge in [0.25, 0.3) is 5.91 Å². The van der Waals surface area contributed by atoms with Crippen molar-refractivity contribution in [3.63, 3.8) is 0 Å². The number of carbonyl (C=O) groups excluding carboxylic acids is 1. The Balaban J connectivity index is 1.37. The molecule has 0 bridgehead atoms. The summed E-state index contributed by atoms with van der Waals surface area (Å²) in [6.07, 6.45) is 4.57. The van der Waals surface area contributed by atoms with Gasteiger partial charge in [0.15, 0.2) is 5.69 Å². The van der Waals surface area contributed by atoms with E-state index in [4.69, 9.17) is 11.5 Å². The number of amides is 1. The lowest BCUT2D eigenvalue weighted by Gasteiger charge is -2.31. The number of hydrogen-bond acceptors (Lipinski definition) is 7. The Kier molecular flexibility index (Phi) is 5.61. The molecule has 3 aromatic rings. The zero-order valence-corrected chi connectivity index (χ0v) is 20.0. The number of aryl methyl sites for hydroxylation is 1. The van der Waals surface area contributed by atoms with Crippen molar-refractivity contribution in [2.75, 3.05) is 24.1 Å². The monoisotopic (exact) mass is 460 g/mol. The summed E-state index contributed by atoms with van der Waals surface area (Å²) in [6, 6.07) is 8.37. The lowest BCUT2D eigenvalue weighted by molar-refractivity contribution is 0.101. The van der Waals surface area contributed by atoms with Crippen LogP contribution in [-0.2, 0) is 25.4 Å². The molecule has 178 valence electrons. The predicted molar refractivity (Wildman–Crippen MR) is 132 cm³/mol. The minimum absolute atomic E-state index is 0.212. The molecule has 0 atom stereocenters. The number of hydrogen-bond donors (Lipinski definition) is 3. The number of rotatable bonds is 4. The zero-order chi connectivity index (χ0) is 24.0. The van der Waals surface area contributed by atoms with Gasteiger partial charge >= 0.3 is 0 Å². The number of nitrogens with one attached hydrogen (secondary N) is 1. The van der Waals surface area contributed by atoms with Crippen LogP contribution < -0.4 is 16.8 Å². The molecule has 1 aliphatic heterocycles. The summed E-state index contributed by atoms with van der Waals surface area (Å²) in [5.74, 6) is -0.0164. The van der Waals surface area contributed by atoms with Crippen molar-refractivity contribution >= 4 is 17.5 Å². The van der Waals surface area contributed by atoms with Gasteiger partial charge in [-0.05, 0) is 61.0 Å². The van der Waals surface area contributed by atoms with Gasteiger partial charge in [-0.2, -0.15) is 5.10 Å². The summed E-state index contributed by atoms with van der Waals surface area (Å²) in [5, 5.41) is 7.63. The second kappa shape index (κ2) is 8.48. The van der Waals surface area contributed by atoms with E-state index in [-0.39, 0.29) is 17.3 Å². The molecule has 1 fully saturated rings. The van der Waals surface area contributed by atoms with Crippen LogP contribution in [0.3, 0.4) is 0 Å². The lowest BCUT2D eigenvalue weighted by Crippen LogP contribution is -2.39. The van der Waals surface area contributed by atoms with Gasteiger partial charge in [-0.15, -0.1) is 0 Å². The maximum Gasteiger partial charge on any atom is 0.276 e. The van der Waals surface area contributed by atoms with Crippen LogP contribution in [-0.4, -0.2) is 49.7 Å². The standard InChI is InChI=1S/C25H32N8O/c1-25(2)12-16-13-28-24(27)30-20(16)22-19(25)21(31-32(22)3)23(34)29-18-6-4-15(5-7-18)14-33-10-8-17(26)9-11-33/h4-7,13,17H,8-12,14,26H2,1-3H3,(H,29,34)(H2,27,28,30). The molecule has 1 saturated heterocycles. The van der Waals surface area contributed by atoms with Crippen LogP contribution >= 0.6 is 0 Å². The van der Waals surface area contributed by atoms with E-state index in [1.165, 1.54) is 5.56 Å². The summed E-state index contributed by atoms with van der Waals surface area (Å²) in [6.45, 7) is 7.19. The van der Waals surface area contributed by atoms with E-state index in [0.717, 1.165) is 60.7 Å². The average Bonchev–Trinajstić information content (AvgIpc) is 3.16. The molecule has 9 heteroatoms. The van der Waals surface area contributed by atoms with Gasteiger partial charge in [0.2, 0.25) is 5.95 Å². The Morgan fingerprint density at radius 3 is 2.62 bits per heavy atom. The molecule has 2 aliphatic rings. The number of likely N-dealkylation sites (tertiary alicyclic amines) is 1. The number of piperidine rings is 1. The molecular formula is C25H32N8O. The summed E-state index contributed by atoms with van der Waals surface area (Å²) in [7, 11) is 1.83. The van der Waals surface area contributed by atoms with Crippen LogP contribution in [0.2, 0.25) is 0 Å². The van der Waals surface area contributed by atoms with Crippen molar-refractivity contribution in [1.82, 2.24) is 24.6 Å². The zero-order valence-electron chi connectivity index (χ0n) is 20.0. The maximum absolute atomic E-state index is 13.3. The van der Waals surface area contributed by atoms with Crippen LogP contribution in [0.4, 0.5) is 11.6 Å². The van der Waals surface area contributed by atoms with E-state index in [0.29, 0.717) is 18.2 Å². The predicted octanol–water partition coefficient (Wildman–Crippen LogP) is 2.47. The number of carbonyl (C=O) groups is 1. The number of nitrogens with zero attached hydrogens (tertiary/aromatic N) is 5. The second-order valence-corrected chi connectivity index (χ2v) is 10.1. The fraction of sp³-hybridized carbons (Fsp3) is 0.440. The van der Waals surface area contributed by atoms with E-state index in [1.54, 1.807) is 10.9 Å². The van der Waals surface area contributed by atoms with Crippen LogP contribution in [0.15, 0.2) is 30.5 Å². The minimum Gasteiger partial charge on any atom is -0.368 e. The highest BCUT2D eigenvalue weighted by Gasteiger charge is 2.39. The summed E-state index contributed by atoms with van der Waals surface area (Å²) < 4.78 is 1.73. The molecule has 2 aromatic heterocycles. The fourth-order valence-electron chi connectivity index (χ4n) is 5.17. The number of benzene rings is 1. The van der Waals surface area contributed by atoms with Crippen molar-refractivity contribution in [3.05, 3.63) is 52.8 Å². The van der Waals surface area contributed by atoms with Crippen molar-refractivity contribution in [2.45, 2.75) is 51.1 Å². The summed E-state index contributed by atoms with van der Waals surface area (Å²) >= 11 is 0. The van der Waals surface area contributed by atoms with Crippen molar-refractivity contribution in [1.29, 1.82) is 0 Å². The molecule has 0 spiro atoms. The molecule has 34 heavy (non-hydrogen) atoms. The lowest BCUT2D eigenvalue weighted by atomic mass is 9.73. The first kappa shape index (κ1) is 22.5. The highest BCUT2D eigenvalue weighted by atomic mass is 16.2. The van der Waals surface area contributed by atoms with Crippen molar-refractivity contribution in [2.24, 2.45) is 12.8 Å². The van der Waals surface area contributed by atoms with Gasteiger partial charge in [-0.1, -0.05) is 26.0 Å². The van der Waals surface area contributed by atoms with Crippen LogP contribution in [0.5, 0.6) is 0 Å². The third kappa shape index (κ3) is 4.17. The number of nitrogen functional groups attached to an aromatic ring is 1. The highest BCUT2D eigenvalue weighted by Crippen LogP contribution is 2.43. The number of aromatic nitrogens is 4. The first-order valence-electron chi connectivity index (χ1n) is 11.8. The van der Waals surface area contributed by atoms with Gasteiger partial charge in [0.1, 0.15) is 0 Å². The molecule has 0 unspecified atom stereocenters. The van der Waals surface area contributed by atoms with E-state index in [1.807, 2.05) is 19.2 Å². The minimum atomic E-state index is -0.302.